The van der Waals surface area contributed by atoms with Gasteiger partial charge in [0.15, 0.2) is 5.11 Å². The average Bonchev–Trinajstić information content (AvgIpc) is 3.34. The van der Waals surface area contributed by atoms with Crippen LogP contribution in [-0.2, 0) is 13.1 Å². The first-order chi connectivity index (χ1) is 14.5. The number of anilines is 1. The molecule has 0 atom stereocenters. The van der Waals surface area contributed by atoms with E-state index in [9.17, 15) is 0 Å². The highest BCUT2D eigenvalue weighted by atomic mass is 32.1. The van der Waals surface area contributed by atoms with Gasteiger partial charge in [-0.2, -0.15) is 5.10 Å². The van der Waals surface area contributed by atoms with Crippen molar-refractivity contribution in [2.75, 3.05) is 31.5 Å². The van der Waals surface area contributed by atoms with E-state index in [1.54, 1.807) is 6.26 Å². The molecule has 30 heavy (non-hydrogen) atoms. The SMILES string of the molecule is Cc1ccc(Cn2nc(C)c(NC(=S)N3CCN(Cc4ccco4)CC3)c2C)cc1. The number of nitrogens with zero attached hydrogens (tertiary/aromatic N) is 4. The molecule has 7 heteroatoms. The number of hydrogen-bond acceptors (Lipinski definition) is 4. The van der Waals surface area contributed by atoms with Crippen molar-refractivity contribution in [1.82, 2.24) is 19.6 Å². The molecule has 1 aliphatic rings. The smallest absolute Gasteiger partial charge is 0.173 e. The van der Waals surface area contributed by atoms with Crippen molar-refractivity contribution < 1.29 is 4.42 Å². The number of benzene rings is 1. The Morgan fingerprint density at radius 1 is 1.03 bits per heavy atom. The Labute approximate surface area is 183 Å². The second kappa shape index (κ2) is 9.02. The summed E-state index contributed by atoms with van der Waals surface area (Å²) < 4.78 is 7.51. The topological polar surface area (TPSA) is 49.5 Å². The van der Waals surface area contributed by atoms with Gasteiger partial charge in [-0.25, -0.2) is 0 Å². The molecular formula is C23H29N5OS. The van der Waals surface area contributed by atoms with Crippen molar-refractivity contribution >= 4 is 23.0 Å². The number of thiocarbonyl (C=S) groups is 1. The lowest BCUT2D eigenvalue weighted by Crippen LogP contribution is -2.49. The van der Waals surface area contributed by atoms with Crippen molar-refractivity contribution in [2.45, 2.75) is 33.9 Å². The molecule has 1 fully saturated rings. The highest BCUT2D eigenvalue weighted by Crippen LogP contribution is 2.21. The number of nitrogens with one attached hydrogen (secondary N) is 1. The van der Waals surface area contributed by atoms with Crippen LogP contribution in [0.3, 0.4) is 0 Å². The third kappa shape index (κ3) is 4.74. The molecule has 4 rings (SSSR count). The number of rotatable bonds is 5. The van der Waals surface area contributed by atoms with Gasteiger partial charge in [-0.3, -0.25) is 9.58 Å². The van der Waals surface area contributed by atoms with E-state index in [2.05, 4.69) is 53.2 Å². The minimum absolute atomic E-state index is 0.757. The van der Waals surface area contributed by atoms with Crippen LogP contribution in [0.5, 0.6) is 0 Å². The van der Waals surface area contributed by atoms with Gasteiger partial charge < -0.3 is 14.6 Å². The summed E-state index contributed by atoms with van der Waals surface area (Å²) in [6.45, 7) is 11.6. The summed E-state index contributed by atoms with van der Waals surface area (Å²) in [7, 11) is 0. The maximum atomic E-state index is 5.72. The summed E-state index contributed by atoms with van der Waals surface area (Å²) in [5.41, 5.74) is 5.60. The Hall–Kier alpha value is -2.64. The summed E-state index contributed by atoms with van der Waals surface area (Å²) in [6, 6.07) is 12.6. The molecule has 0 aliphatic carbocycles. The van der Waals surface area contributed by atoms with E-state index in [0.29, 0.717) is 0 Å². The second-order valence-electron chi connectivity index (χ2n) is 7.96. The predicted octanol–water partition coefficient (Wildman–Crippen LogP) is 3.96. The van der Waals surface area contributed by atoms with E-state index in [-0.39, 0.29) is 0 Å². The van der Waals surface area contributed by atoms with Crippen molar-refractivity contribution in [3.8, 4) is 0 Å². The molecule has 6 nitrogen and oxygen atoms in total. The molecule has 1 aliphatic heterocycles. The molecule has 0 bridgehead atoms. The van der Waals surface area contributed by atoms with Crippen LogP contribution in [0.1, 0.15) is 28.3 Å². The van der Waals surface area contributed by atoms with Crippen LogP contribution in [0.2, 0.25) is 0 Å². The third-order valence-corrected chi connectivity index (χ3v) is 6.05. The van der Waals surface area contributed by atoms with Crippen LogP contribution in [0.25, 0.3) is 0 Å². The quantitative estimate of drug-likeness (QED) is 0.627. The van der Waals surface area contributed by atoms with Gasteiger partial charge in [-0.1, -0.05) is 29.8 Å². The molecule has 0 radical (unpaired) electrons. The van der Waals surface area contributed by atoms with Crippen LogP contribution >= 0.6 is 12.2 Å². The summed E-state index contributed by atoms with van der Waals surface area (Å²) in [5.74, 6) is 1.01. The van der Waals surface area contributed by atoms with Crippen molar-refractivity contribution in [2.24, 2.45) is 0 Å². The van der Waals surface area contributed by atoms with Crippen LogP contribution in [0.4, 0.5) is 5.69 Å². The summed E-state index contributed by atoms with van der Waals surface area (Å²) in [4.78, 5) is 4.64. The van der Waals surface area contributed by atoms with E-state index in [4.69, 9.17) is 21.7 Å². The Bertz CT molecular complexity index is 986. The minimum atomic E-state index is 0.757. The second-order valence-corrected chi connectivity index (χ2v) is 8.35. The normalized spacial score (nSPS) is 14.8. The zero-order valence-corrected chi connectivity index (χ0v) is 18.7. The zero-order chi connectivity index (χ0) is 21.1. The average molecular weight is 424 g/mol. The van der Waals surface area contributed by atoms with Crippen LogP contribution < -0.4 is 5.32 Å². The molecule has 0 spiro atoms. The lowest BCUT2D eigenvalue weighted by Gasteiger charge is -2.35. The molecule has 158 valence electrons. The van der Waals surface area contributed by atoms with E-state index in [0.717, 1.165) is 67.2 Å². The van der Waals surface area contributed by atoms with Crippen molar-refractivity contribution in [3.63, 3.8) is 0 Å². The Balaban J connectivity index is 1.35. The number of piperazine rings is 1. The molecule has 1 aromatic carbocycles. The lowest BCUT2D eigenvalue weighted by molar-refractivity contribution is 0.166. The van der Waals surface area contributed by atoms with E-state index < -0.39 is 0 Å². The van der Waals surface area contributed by atoms with Gasteiger partial charge in [-0.05, 0) is 50.7 Å². The molecule has 2 aromatic heterocycles. The Morgan fingerprint density at radius 2 is 1.77 bits per heavy atom. The first-order valence-corrected chi connectivity index (χ1v) is 10.8. The first kappa shape index (κ1) is 20.6. The number of aryl methyl sites for hydroxylation is 2. The first-order valence-electron chi connectivity index (χ1n) is 10.4. The highest BCUT2D eigenvalue weighted by Gasteiger charge is 2.21. The lowest BCUT2D eigenvalue weighted by atomic mass is 10.1. The number of furan rings is 1. The van der Waals surface area contributed by atoms with Gasteiger partial charge in [-0.15, -0.1) is 0 Å². The third-order valence-electron chi connectivity index (χ3n) is 5.69. The van der Waals surface area contributed by atoms with Crippen molar-refractivity contribution in [1.29, 1.82) is 0 Å². The molecular weight excluding hydrogens is 394 g/mol. The molecule has 3 heterocycles. The molecule has 0 unspecified atom stereocenters. The van der Waals surface area contributed by atoms with Crippen LogP contribution in [0.15, 0.2) is 47.1 Å². The molecule has 1 N–H and O–H groups in total. The number of aromatic nitrogens is 2. The minimum Gasteiger partial charge on any atom is -0.468 e. The maximum Gasteiger partial charge on any atom is 0.173 e. The predicted molar refractivity (Wildman–Crippen MR) is 124 cm³/mol. The van der Waals surface area contributed by atoms with Gasteiger partial charge in [0.2, 0.25) is 0 Å². The maximum absolute atomic E-state index is 5.72. The number of hydrogen-bond donors (Lipinski definition) is 1. The standard InChI is InChI=1S/C23H29N5OS/c1-17-6-8-20(9-7-17)15-28-19(3)22(18(2)25-28)24-23(30)27-12-10-26(11-13-27)16-21-5-4-14-29-21/h4-9,14H,10-13,15-16H2,1-3H3,(H,24,30). The van der Waals surface area contributed by atoms with Gasteiger partial charge in [0.25, 0.3) is 0 Å². The zero-order valence-electron chi connectivity index (χ0n) is 17.9. The fraction of sp³-hybridized carbons (Fsp3) is 0.391. The Morgan fingerprint density at radius 3 is 2.43 bits per heavy atom. The summed E-state index contributed by atoms with van der Waals surface area (Å²) in [6.07, 6.45) is 1.73. The van der Waals surface area contributed by atoms with Crippen LogP contribution in [-0.4, -0.2) is 50.9 Å². The van der Waals surface area contributed by atoms with E-state index in [1.165, 1.54) is 11.1 Å². The van der Waals surface area contributed by atoms with Gasteiger partial charge in [0, 0.05) is 26.2 Å². The molecule has 3 aromatic rings. The molecule has 0 amide bonds. The fourth-order valence-corrected chi connectivity index (χ4v) is 4.10. The fourth-order valence-electron chi connectivity index (χ4n) is 3.82. The van der Waals surface area contributed by atoms with E-state index in [1.807, 2.05) is 23.7 Å². The van der Waals surface area contributed by atoms with Gasteiger partial charge in [0.1, 0.15) is 5.76 Å². The summed E-state index contributed by atoms with van der Waals surface area (Å²) >= 11 is 5.72. The van der Waals surface area contributed by atoms with E-state index >= 15 is 0 Å². The highest BCUT2D eigenvalue weighted by molar-refractivity contribution is 7.80. The van der Waals surface area contributed by atoms with Crippen molar-refractivity contribution in [3.05, 3.63) is 70.9 Å². The Kier molecular flexibility index (Phi) is 6.20. The van der Waals surface area contributed by atoms with Gasteiger partial charge in [0.05, 0.1) is 36.4 Å². The monoisotopic (exact) mass is 423 g/mol. The largest absolute Gasteiger partial charge is 0.468 e. The molecule has 1 saturated heterocycles. The summed E-state index contributed by atoms with van der Waals surface area (Å²) in [5, 5.41) is 8.97. The molecule has 0 saturated carbocycles. The van der Waals surface area contributed by atoms with Gasteiger partial charge >= 0.3 is 0 Å². The van der Waals surface area contributed by atoms with Crippen LogP contribution in [0, 0.1) is 20.8 Å².